The van der Waals surface area contributed by atoms with Crippen molar-refractivity contribution in [1.82, 2.24) is 5.32 Å². The molecule has 0 rings (SSSR count). The number of carbonyl (C=O) groups excluding carboxylic acids is 2. The standard InChI is InChI=1S/C48H89NO5/c1-4-7-10-13-16-19-22-23-24-26-29-32-35-38-41-48(53)54-44(39-36-33-30-27-21-18-15-12-9-6-3)42-47(52)49-45(43-50)46(51)40-37-34-31-28-25-20-17-14-11-8-5-2/h7,10,16,19,23-24,44-46,50-51H,4-6,8-9,11-15,17-18,20-22,25-43H2,1-3H3,(H,49,52)/b10-7+,19-16+,24-23+. The summed E-state index contributed by atoms with van der Waals surface area (Å²) < 4.78 is 5.89. The summed E-state index contributed by atoms with van der Waals surface area (Å²) in [6.07, 6.45) is 47.7. The average Bonchev–Trinajstić information content (AvgIpc) is 3.16. The maximum absolute atomic E-state index is 13.1. The summed E-state index contributed by atoms with van der Waals surface area (Å²) in [4.78, 5) is 26.0. The number of allylic oxidation sites excluding steroid dienone is 6. The van der Waals surface area contributed by atoms with E-state index < -0.39 is 18.2 Å². The van der Waals surface area contributed by atoms with Crippen molar-refractivity contribution in [2.45, 2.75) is 251 Å². The minimum Gasteiger partial charge on any atom is -0.462 e. The van der Waals surface area contributed by atoms with Crippen molar-refractivity contribution in [2.24, 2.45) is 0 Å². The highest BCUT2D eigenvalue weighted by molar-refractivity contribution is 5.77. The first-order chi connectivity index (χ1) is 26.5. The second kappa shape index (κ2) is 42.2. The van der Waals surface area contributed by atoms with Crippen LogP contribution in [-0.2, 0) is 14.3 Å². The van der Waals surface area contributed by atoms with E-state index >= 15 is 0 Å². The minimum atomic E-state index is -0.786. The van der Waals surface area contributed by atoms with Gasteiger partial charge in [-0.2, -0.15) is 0 Å². The van der Waals surface area contributed by atoms with Gasteiger partial charge in [0.1, 0.15) is 6.10 Å². The van der Waals surface area contributed by atoms with Gasteiger partial charge in [0.15, 0.2) is 0 Å². The normalized spacial score (nSPS) is 13.6. The van der Waals surface area contributed by atoms with Crippen LogP contribution in [-0.4, -0.2) is 46.9 Å². The van der Waals surface area contributed by atoms with E-state index in [0.29, 0.717) is 19.3 Å². The summed E-state index contributed by atoms with van der Waals surface area (Å²) in [7, 11) is 0. The predicted octanol–water partition coefficient (Wildman–Crippen LogP) is 13.3. The zero-order chi connectivity index (χ0) is 39.6. The summed E-state index contributed by atoms with van der Waals surface area (Å²) in [5.41, 5.74) is 0. The number of amides is 1. The number of aliphatic hydroxyl groups is 2. The van der Waals surface area contributed by atoms with E-state index in [-0.39, 0.29) is 24.9 Å². The lowest BCUT2D eigenvalue weighted by Gasteiger charge is -2.24. The smallest absolute Gasteiger partial charge is 0.306 e. The molecule has 0 saturated heterocycles. The maximum Gasteiger partial charge on any atom is 0.306 e. The van der Waals surface area contributed by atoms with Gasteiger partial charge in [-0.25, -0.2) is 0 Å². The molecule has 6 heteroatoms. The SMILES string of the molecule is CC/C=C/C/C=C/C/C=C/CCCCCCC(=O)OC(CCCCCCCCCCCC)CC(=O)NC(CO)C(O)CCCCCCCCCCCCC. The Kier molecular flexibility index (Phi) is 40.7. The minimum absolute atomic E-state index is 0.0712. The highest BCUT2D eigenvalue weighted by atomic mass is 16.5. The molecule has 0 aromatic heterocycles. The van der Waals surface area contributed by atoms with Gasteiger partial charge in [0.25, 0.3) is 0 Å². The van der Waals surface area contributed by atoms with Gasteiger partial charge in [-0.1, -0.05) is 198 Å². The molecule has 0 aliphatic rings. The summed E-state index contributed by atoms with van der Waals surface area (Å²) in [5, 5.41) is 23.6. The first-order valence-electron chi connectivity index (χ1n) is 23.2. The fraction of sp³-hybridized carbons (Fsp3) is 0.833. The maximum atomic E-state index is 13.1. The fourth-order valence-electron chi connectivity index (χ4n) is 6.97. The van der Waals surface area contributed by atoms with Crippen molar-refractivity contribution < 1.29 is 24.5 Å². The zero-order valence-electron chi connectivity index (χ0n) is 35.9. The molecular weight excluding hydrogens is 671 g/mol. The average molecular weight is 760 g/mol. The second-order valence-electron chi connectivity index (χ2n) is 15.8. The number of hydrogen-bond donors (Lipinski definition) is 3. The molecule has 0 aromatic rings. The molecule has 0 bridgehead atoms. The van der Waals surface area contributed by atoms with Crippen molar-refractivity contribution >= 4 is 11.9 Å². The van der Waals surface area contributed by atoms with Gasteiger partial charge in [-0.3, -0.25) is 9.59 Å². The number of hydrogen-bond acceptors (Lipinski definition) is 5. The predicted molar refractivity (Wildman–Crippen MR) is 232 cm³/mol. The summed E-state index contributed by atoms with van der Waals surface area (Å²) in [6, 6.07) is -0.700. The van der Waals surface area contributed by atoms with Crippen LogP contribution in [0.15, 0.2) is 36.5 Å². The van der Waals surface area contributed by atoms with Gasteiger partial charge >= 0.3 is 5.97 Å². The number of carbonyl (C=O) groups is 2. The molecule has 316 valence electrons. The molecule has 3 atom stereocenters. The number of nitrogens with one attached hydrogen (secondary N) is 1. The van der Waals surface area contributed by atoms with Crippen LogP contribution in [0.5, 0.6) is 0 Å². The van der Waals surface area contributed by atoms with E-state index in [1.165, 1.54) is 103 Å². The highest BCUT2D eigenvalue weighted by Crippen LogP contribution is 2.18. The molecule has 3 N–H and O–H groups in total. The van der Waals surface area contributed by atoms with Crippen LogP contribution >= 0.6 is 0 Å². The molecule has 54 heavy (non-hydrogen) atoms. The fourth-order valence-corrected chi connectivity index (χ4v) is 6.97. The van der Waals surface area contributed by atoms with Crippen LogP contribution in [0.4, 0.5) is 0 Å². The van der Waals surface area contributed by atoms with Crippen molar-refractivity contribution in [3.8, 4) is 0 Å². The monoisotopic (exact) mass is 760 g/mol. The van der Waals surface area contributed by atoms with Gasteiger partial charge in [0.2, 0.25) is 5.91 Å². The largest absolute Gasteiger partial charge is 0.462 e. The molecule has 3 unspecified atom stereocenters. The van der Waals surface area contributed by atoms with E-state index in [9.17, 15) is 19.8 Å². The van der Waals surface area contributed by atoms with E-state index in [0.717, 1.165) is 83.5 Å². The van der Waals surface area contributed by atoms with Gasteiger partial charge in [0, 0.05) is 6.42 Å². The molecule has 0 aromatic carbocycles. The Morgan fingerprint density at radius 2 is 1.00 bits per heavy atom. The Hall–Kier alpha value is -1.92. The summed E-state index contributed by atoms with van der Waals surface area (Å²) >= 11 is 0. The second-order valence-corrected chi connectivity index (χ2v) is 15.8. The molecule has 0 spiro atoms. The lowest BCUT2D eigenvalue weighted by Crippen LogP contribution is -2.46. The summed E-state index contributed by atoms with van der Waals surface area (Å²) in [6.45, 7) is 6.34. The third-order valence-electron chi connectivity index (χ3n) is 10.5. The molecule has 0 heterocycles. The number of unbranched alkanes of at least 4 members (excludes halogenated alkanes) is 23. The van der Waals surface area contributed by atoms with Crippen LogP contribution in [0, 0.1) is 0 Å². The topological polar surface area (TPSA) is 95.9 Å². The van der Waals surface area contributed by atoms with E-state index in [1.807, 2.05) is 0 Å². The number of ether oxygens (including phenoxy) is 1. The zero-order valence-corrected chi connectivity index (χ0v) is 35.9. The molecule has 0 saturated carbocycles. The molecule has 0 radical (unpaired) electrons. The van der Waals surface area contributed by atoms with E-state index in [4.69, 9.17) is 4.74 Å². The Balaban J connectivity index is 4.58. The molecule has 1 amide bonds. The van der Waals surface area contributed by atoms with Gasteiger partial charge in [0.05, 0.1) is 25.2 Å². The number of rotatable bonds is 41. The lowest BCUT2D eigenvalue weighted by atomic mass is 10.0. The van der Waals surface area contributed by atoms with Gasteiger partial charge in [-0.05, 0) is 57.8 Å². The van der Waals surface area contributed by atoms with E-state index in [2.05, 4.69) is 62.5 Å². The van der Waals surface area contributed by atoms with Crippen LogP contribution in [0.3, 0.4) is 0 Å². The lowest BCUT2D eigenvalue weighted by molar-refractivity contribution is -0.151. The van der Waals surface area contributed by atoms with Crippen LogP contribution in [0.25, 0.3) is 0 Å². The van der Waals surface area contributed by atoms with Gasteiger partial charge in [-0.15, -0.1) is 0 Å². The Morgan fingerprint density at radius 3 is 1.52 bits per heavy atom. The van der Waals surface area contributed by atoms with Crippen molar-refractivity contribution in [2.75, 3.05) is 6.61 Å². The molecule has 0 aliphatic heterocycles. The molecule has 0 aliphatic carbocycles. The Bertz CT molecular complexity index is 900. The number of aliphatic hydroxyl groups excluding tert-OH is 2. The molecule has 6 nitrogen and oxygen atoms in total. The van der Waals surface area contributed by atoms with E-state index in [1.54, 1.807) is 0 Å². The third-order valence-corrected chi connectivity index (χ3v) is 10.5. The first-order valence-corrected chi connectivity index (χ1v) is 23.2. The van der Waals surface area contributed by atoms with Crippen molar-refractivity contribution in [3.63, 3.8) is 0 Å². The molecule has 0 fully saturated rings. The number of esters is 1. The third kappa shape index (κ3) is 37.0. The molecular formula is C48H89NO5. The highest BCUT2D eigenvalue weighted by Gasteiger charge is 2.24. The quantitative estimate of drug-likeness (QED) is 0.0328. The first kappa shape index (κ1) is 52.1. The van der Waals surface area contributed by atoms with Crippen LogP contribution < -0.4 is 5.32 Å². The van der Waals surface area contributed by atoms with Crippen LogP contribution in [0.2, 0.25) is 0 Å². The van der Waals surface area contributed by atoms with Crippen molar-refractivity contribution in [3.05, 3.63) is 36.5 Å². The summed E-state index contributed by atoms with van der Waals surface area (Å²) in [5.74, 6) is -0.496. The van der Waals surface area contributed by atoms with Crippen molar-refractivity contribution in [1.29, 1.82) is 0 Å². The Morgan fingerprint density at radius 1 is 0.556 bits per heavy atom. The van der Waals surface area contributed by atoms with Gasteiger partial charge < -0.3 is 20.3 Å². The van der Waals surface area contributed by atoms with Crippen LogP contribution in [0.1, 0.15) is 233 Å². The Labute approximate surface area is 334 Å².